The number of nitrogens with one attached hydrogen (secondary N) is 1. The normalized spacial score (nSPS) is 13.6. The Bertz CT molecular complexity index is 939. The van der Waals surface area contributed by atoms with Gasteiger partial charge in [0.25, 0.3) is 5.91 Å². The molecule has 3 rings (SSSR count). The molecule has 0 saturated carbocycles. The maximum absolute atomic E-state index is 12.4. The number of carbonyl (C=O) groups excluding carboxylic acids is 2. The monoisotopic (exact) mass is 394 g/mol. The van der Waals surface area contributed by atoms with E-state index in [9.17, 15) is 14.7 Å². The number of hydrazone groups is 1. The summed E-state index contributed by atoms with van der Waals surface area (Å²) in [4.78, 5) is 25.4. The average molecular weight is 394 g/mol. The number of benzene rings is 2. The zero-order valence-corrected chi connectivity index (χ0v) is 16.6. The molecule has 0 aliphatic carbocycles. The maximum Gasteiger partial charge on any atom is 0.259 e. The Labute approximate surface area is 170 Å². The minimum atomic E-state index is -1.19. The maximum atomic E-state index is 12.4. The molecule has 1 amide bonds. The van der Waals surface area contributed by atoms with Crippen molar-refractivity contribution in [1.82, 2.24) is 5.43 Å². The summed E-state index contributed by atoms with van der Waals surface area (Å²) in [5.74, 6) is -0.923. The highest BCUT2D eigenvalue weighted by atomic mass is 16.5. The third kappa shape index (κ3) is 5.13. The van der Waals surface area contributed by atoms with E-state index in [0.29, 0.717) is 22.6 Å². The van der Waals surface area contributed by atoms with Crippen molar-refractivity contribution in [3.05, 3.63) is 59.2 Å². The second kappa shape index (κ2) is 9.23. The van der Waals surface area contributed by atoms with E-state index in [2.05, 4.69) is 21.5 Å². The van der Waals surface area contributed by atoms with Crippen LogP contribution in [0.2, 0.25) is 0 Å². The fourth-order valence-corrected chi connectivity index (χ4v) is 3.49. The highest BCUT2D eigenvalue weighted by molar-refractivity contribution is 5.99. The molecule has 0 fully saturated rings. The lowest BCUT2D eigenvalue weighted by molar-refractivity contribution is -0.304. The van der Waals surface area contributed by atoms with Crippen LogP contribution in [0, 0.1) is 0 Å². The van der Waals surface area contributed by atoms with E-state index in [1.807, 2.05) is 18.2 Å². The number of hydrogen-bond donors (Lipinski definition) is 1. The molecule has 0 bridgehead atoms. The number of carboxylic acids is 1. The van der Waals surface area contributed by atoms with Crippen molar-refractivity contribution in [2.45, 2.75) is 26.2 Å². The number of ether oxygens (including phenoxy) is 1. The molecule has 0 spiro atoms. The zero-order chi connectivity index (χ0) is 20.8. The average Bonchev–Trinajstić information content (AvgIpc) is 2.72. The van der Waals surface area contributed by atoms with Crippen molar-refractivity contribution in [2.24, 2.45) is 5.10 Å². The van der Waals surface area contributed by atoms with Gasteiger partial charge in [-0.1, -0.05) is 18.2 Å². The molecule has 0 radical (unpaired) electrons. The number of aliphatic carboxylic acids is 1. The summed E-state index contributed by atoms with van der Waals surface area (Å²) < 4.78 is 5.19. The first-order valence-corrected chi connectivity index (χ1v) is 9.51. The molecule has 7 heteroatoms. The van der Waals surface area contributed by atoms with Crippen LogP contribution in [0.15, 0.2) is 47.6 Å². The van der Waals surface area contributed by atoms with Crippen LogP contribution in [0.5, 0.6) is 5.75 Å². The molecule has 0 unspecified atom stereocenters. The molecule has 0 aromatic heterocycles. The number of amides is 1. The van der Waals surface area contributed by atoms with E-state index in [1.54, 1.807) is 25.1 Å². The topological polar surface area (TPSA) is 94.1 Å². The molecular weight excluding hydrogens is 370 g/mol. The Morgan fingerprint density at radius 1 is 1.24 bits per heavy atom. The molecule has 7 nitrogen and oxygen atoms in total. The van der Waals surface area contributed by atoms with Gasteiger partial charge < -0.3 is 19.5 Å². The van der Waals surface area contributed by atoms with E-state index < -0.39 is 5.97 Å². The van der Waals surface area contributed by atoms with Crippen LogP contribution in [-0.4, -0.2) is 37.8 Å². The lowest BCUT2D eigenvalue weighted by Gasteiger charge is -2.30. The first-order valence-electron chi connectivity index (χ1n) is 9.51. The van der Waals surface area contributed by atoms with Crippen molar-refractivity contribution in [2.75, 3.05) is 25.1 Å². The van der Waals surface area contributed by atoms with E-state index >= 15 is 0 Å². The number of hydrogen-bond acceptors (Lipinski definition) is 6. The number of methoxy groups -OCH3 is 1. The second-order valence-electron chi connectivity index (χ2n) is 6.96. The molecule has 1 aliphatic heterocycles. The summed E-state index contributed by atoms with van der Waals surface area (Å²) in [6.07, 6.45) is 1.78. The molecule has 2 aromatic carbocycles. The molecule has 1 aliphatic rings. The molecular formula is C22H24N3O4-. The zero-order valence-electron chi connectivity index (χ0n) is 16.6. The van der Waals surface area contributed by atoms with Crippen LogP contribution in [0.25, 0.3) is 0 Å². The van der Waals surface area contributed by atoms with Gasteiger partial charge in [0.15, 0.2) is 0 Å². The smallest absolute Gasteiger partial charge is 0.259 e. The van der Waals surface area contributed by atoms with Crippen LogP contribution in [0.3, 0.4) is 0 Å². The third-order valence-electron chi connectivity index (χ3n) is 4.92. The second-order valence-corrected chi connectivity index (χ2v) is 6.96. The number of rotatable bonds is 7. The lowest BCUT2D eigenvalue weighted by atomic mass is 10.0. The summed E-state index contributed by atoms with van der Waals surface area (Å²) >= 11 is 0. The first kappa shape index (κ1) is 20.4. The van der Waals surface area contributed by atoms with Gasteiger partial charge in [0.2, 0.25) is 0 Å². The summed E-state index contributed by atoms with van der Waals surface area (Å²) in [5, 5.41) is 15.1. The number of anilines is 1. The van der Waals surface area contributed by atoms with Gasteiger partial charge in [-0.05, 0) is 55.2 Å². The fourth-order valence-electron chi connectivity index (χ4n) is 3.49. The number of carboxylic acid groups (broad SMARTS) is 1. The van der Waals surface area contributed by atoms with Crippen LogP contribution in [0.4, 0.5) is 5.69 Å². The van der Waals surface area contributed by atoms with E-state index in [1.165, 1.54) is 12.7 Å². The Hall–Kier alpha value is -3.35. The van der Waals surface area contributed by atoms with Gasteiger partial charge in [0.05, 0.1) is 19.4 Å². The standard InChI is InChI=1S/C22H25N3O4/c1-15(17-9-10-20(29-2)18(12-17)13-22(27)28)23-24-21(26)14-25-11-5-7-16-6-3-4-8-19(16)25/h3-4,6,8-10,12H,5,7,11,13-14H2,1-2H3,(H,24,26)(H,27,28)/p-1/b23-15-. The first-order chi connectivity index (χ1) is 14.0. The molecule has 0 saturated heterocycles. The van der Waals surface area contributed by atoms with Crippen LogP contribution in [0.1, 0.15) is 30.0 Å². The van der Waals surface area contributed by atoms with Crippen LogP contribution >= 0.6 is 0 Å². The Balaban J connectivity index is 1.67. The Morgan fingerprint density at radius 3 is 2.79 bits per heavy atom. The van der Waals surface area contributed by atoms with Gasteiger partial charge in [0.1, 0.15) is 5.75 Å². The number of para-hydroxylation sites is 1. The molecule has 1 heterocycles. The van der Waals surface area contributed by atoms with Gasteiger partial charge in [-0.15, -0.1) is 0 Å². The van der Waals surface area contributed by atoms with Crippen molar-refractivity contribution in [3.63, 3.8) is 0 Å². The Kier molecular flexibility index (Phi) is 6.49. The van der Waals surface area contributed by atoms with Crippen molar-refractivity contribution < 1.29 is 19.4 Å². The minimum Gasteiger partial charge on any atom is -0.550 e. The largest absolute Gasteiger partial charge is 0.550 e. The summed E-state index contributed by atoms with van der Waals surface area (Å²) in [7, 11) is 1.48. The van der Waals surface area contributed by atoms with Gasteiger partial charge in [-0.2, -0.15) is 5.10 Å². The minimum absolute atomic E-state index is 0.204. The molecule has 1 N–H and O–H groups in total. The Morgan fingerprint density at radius 2 is 2.03 bits per heavy atom. The molecule has 0 atom stereocenters. The van der Waals surface area contributed by atoms with Crippen molar-refractivity contribution in [3.8, 4) is 5.75 Å². The van der Waals surface area contributed by atoms with Gasteiger partial charge in [0, 0.05) is 30.2 Å². The van der Waals surface area contributed by atoms with Gasteiger partial charge in [-0.3, -0.25) is 4.79 Å². The lowest BCUT2D eigenvalue weighted by Crippen LogP contribution is -2.38. The van der Waals surface area contributed by atoms with Crippen molar-refractivity contribution >= 4 is 23.3 Å². The predicted octanol–water partition coefficient (Wildman–Crippen LogP) is 1.28. The summed E-state index contributed by atoms with van der Waals surface area (Å²) in [6.45, 7) is 2.81. The highest BCUT2D eigenvalue weighted by Gasteiger charge is 2.18. The highest BCUT2D eigenvalue weighted by Crippen LogP contribution is 2.26. The molecule has 152 valence electrons. The van der Waals surface area contributed by atoms with Crippen molar-refractivity contribution in [1.29, 1.82) is 0 Å². The third-order valence-corrected chi connectivity index (χ3v) is 4.92. The van der Waals surface area contributed by atoms with Gasteiger partial charge in [-0.25, -0.2) is 5.43 Å². The van der Waals surface area contributed by atoms with Gasteiger partial charge >= 0.3 is 0 Å². The fraction of sp³-hybridized carbons (Fsp3) is 0.318. The molecule has 29 heavy (non-hydrogen) atoms. The summed E-state index contributed by atoms with van der Waals surface area (Å²) in [5.41, 5.74) is 6.71. The van der Waals surface area contributed by atoms with Crippen LogP contribution < -0.4 is 20.2 Å². The van der Waals surface area contributed by atoms with E-state index in [0.717, 1.165) is 25.1 Å². The summed E-state index contributed by atoms with van der Waals surface area (Å²) in [6, 6.07) is 13.2. The number of carbonyl (C=O) groups is 2. The number of fused-ring (bicyclic) bond motifs is 1. The predicted molar refractivity (Wildman–Crippen MR) is 109 cm³/mol. The van der Waals surface area contributed by atoms with E-state index in [-0.39, 0.29) is 18.9 Å². The number of nitrogens with zero attached hydrogens (tertiary/aromatic N) is 2. The molecule has 2 aromatic rings. The quantitative estimate of drug-likeness (QED) is 0.564. The van der Waals surface area contributed by atoms with E-state index in [4.69, 9.17) is 4.74 Å². The SMILES string of the molecule is COc1ccc(/C(C)=N\NC(=O)CN2CCCc3ccccc32)cc1CC(=O)[O-]. The van der Waals surface area contributed by atoms with Crippen LogP contribution in [-0.2, 0) is 22.4 Å². The number of aryl methyl sites for hydroxylation is 1.